The van der Waals surface area contributed by atoms with E-state index in [-0.39, 0.29) is 36.8 Å². The maximum atomic E-state index is 13.7. The summed E-state index contributed by atoms with van der Waals surface area (Å²) in [6, 6.07) is -0.0728. The number of alkyl halides is 1. The van der Waals surface area contributed by atoms with Gasteiger partial charge in [0, 0.05) is 12.5 Å². The molecule has 0 aromatic heterocycles. The van der Waals surface area contributed by atoms with Gasteiger partial charge in [-0.2, -0.15) is 0 Å². The average Bonchev–Trinajstić information content (AvgIpc) is 2.76. The van der Waals surface area contributed by atoms with Crippen molar-refractivity contribution in [3.63, 3.8) is 0 Å². The Morgan fingerprint density at radius 3 is 2.35 bits per heavy atom. The molecule has 3 atom stereocenters. The Morgan fingerprint density at radius 1 is 1.30 bits per heavy atom. The van der Waals surface area contributed by atoms with Crippen molar-refractivity contribution in [1.29, 1.82) is 0 Å². The molecule has 0 N–H and O–H groups in total. The first-order chi connectivity index (χ1) is 9.27. The van der Waals surface area contributed by atoms with E-state index in [0.717, 1.165) is 0 Å². The van der Waals surface area contributed by atoms with E-state index in [9.17, 15) is 14.0 Å². The molecule has 1 rings (SSSR count). The number of nitrogens with zero attached hydrogens (tertiary/aromatic N) is 1. The number of carbonyl (C=O) groups excluding carboxylic acids is 2. The molecule has 1 amide bonds. The van der Waals surface area contributed by atoms with Crippen LogP contribution in [0.15, 0.2) is 0 Å². The van der Waals surface area contributed by atoms with E-state index in [4.69, 9.17) is 0 Å². The SMILES string of the molecule is COC(=O)C[C@H](C(=O)N1C[C@@H](F)C[C@H]1C(C)C)C(C)C. The van der Waals surface area contributed by atoms with Crippen LogP contribution in [0.1, 0.15) is 40.5 Å². The normalized spacial score (nSPS) is 24.3. The number of rotatable bonds is 5. The summed E-state index contributed by atoms with van der Waals surface area (Å²) in [5.41, 5.74) is 0. The number of likely N-dealkylation sites (tertiary alicyclic amines) is 1. The maximum absolute atomic E-state index is 13.7. The van der Waals surface area contributed by atoms with E-state index in [1.807, 2.05) is 27.7 Å². The fourth-order valence-corrected chi connectivity index (χ4v) is 2.78. The van der Waals surface area contributed by atoms with Crippen LogP contribution in [0.3, 0.4) is 0 Å². The highest BCUT2D eigenvalue weighted by Gasteiger charge is 2.40. The molecule has 0 aromatic carbocycles. The summed E-state index contributed by atoms with van der Waals surface area (Å²) in [6.07, 6.45) is -0.505. The third-order valence-corrected chi connectivity index (χ3v) is 4.08. The van der Waals surface area contributed by atoms with Gasteiger partial charge in [0.2, 0.25) is 5.91 Å². The zero-order valence-corrected chi connectivity index (χ0v) is 13.1. The van der Waals surface area contributed by atoms with Gasteiger partial charge in [0.05, 0.1) is 26.0 Å². The molecule has 1 aliphatic rings. The topological polar surface area (TPSA) is 46.6 Å². The molecule has 5 heteroatoms. The van der Waals surface area contributed by atoms with Crippen LogP contribution in [0, 0.1) is 17.8 Å². The molecule has 0 unspecified atom stereocenters. The summed E-state index contributed by atoms with van der Waals surface area (Å²) >= 11 is 0. The number of carbonyl (C=O) groups is 2. The van der Waals surface area contributed by atoms with Gasteiger partial charge in [-0.3, -0.25) is 9.59 Å². The van der Waals surface area contributed by atoms with Gasteiger partial charge in [0.15, 0.2) is 0 Å². The number of amides is 1. The molecule has 1 aliphatic heterocycles. The molecule has 20 heavy (non-hydrogen) atoms. The predicted octanol–water partition coefficient (Wildman–Crippen LogP) is 2.42. The van der Waals surface area contributed by atoms with Crippen LogP contribution in [-0.2, 0) is 14.3 Å². The fraction of sp³-hybridized carbons (Fsp3) is 0.867. The summed E-state index contributed by atoms with van der Waals surface area (Å²) in [5, 5.41) is 0. The van der Waals surface area contributed by atoms with Gasteiger partial charge >= 0.3 is 5.97 Å². The smallest absolute Gasteiger partial charge is 0.306 e. The second-order valence-electron chi connectivity index (χ2n) is 6.27. The maximum Gasteiger partial charge on any atom is 0.306 e. The van der Waals surface area contributed by atoms with Crippen LogP contribution < -0.4 is 0 Å². The Bertz CT molecular complexity index is 357. The molecule has 0 bridgehead atoms. The first-order valence-corrected chi connectivity index (χ1v) is 7.29. The Kier molecular flexibility index (Phi) is 5.96. The number of hydrogen-bond acceptors (Lipinski definition) is 3. The van der Waals surface area contributed by atoms with E-state index in [1.54, 1.807) is 4.90 Å². The minimum absolute atomic E-state index is 0.0214. The van der Waals surface area contributed by atoms with Crippen molar-refractivity contribution in [3.05, 3.63) is 0 Å². The van der Waals surface area contributed by atoms with Gasteiger partial charge in [0.25, 0.3) is 0 Å². The number of methoxy groups -OCH3 is 1. The molecular formula is C15H26FNO3. The lowest BCUT2D eigenvalue weighted by Crippen LogP contribution is -2.44. The zero-order chi connectivity index (χ0) is 15.4. The van der Waals surface area contributed by atoms with Crippen molar-refractivity contribution in [2.24, 2.45) is 17.8 Å². The second-order valence-corrected chi connectivity index (χ2v) is 6.27. The van der Waals surface area contributed by atoms with Gasteiger partial charge in [-0.15, -0.1) is 0 Å². The van der Waals surface area contributed by atoms with E-state index in [0.29, 0.717) is 6.42 Å². The third kappa shape index (κ3) is 3.93. The molecule has 0 aliphatic carbocycles. The summed E-state index contributed by atoms with van der Waals surface area (Å²) in [4.78, 5) is 25.7. The van der Waals surface area contributed by atoms with Crippen molar-refractivity contribution in [1.82, 2.24) is 4.90 Å². The summed E-state index contributed by atoms with van der Waals surface area (Å²) < 4.78 is 18.3. The van der Waals surface area contributed by atoms with E-state index in [1.165, 1.54) is 7.11 Å². The van der Waals surface area contributed by atoms with Gasteiger partial charge in [0.1, 0.15) is 6.17 Å². The molecule has 1 heterocycles. The lowest BCUT2D eigenvalue weighted by Gasteiger charge is -2.31. The number of esters is 1. The van der Waals surface area contributed by atoms with Crippen molar-refractivity contribution in [3.8, 4) is 0 Å². The lowest BCUT2D eigenvalue weighted by molar-refractivity contribution is -0.148. The molecule has 0 saturated carbocycles. The third-order valence-electron chi connectivity index (χ3n) is 4.08. The monoisotopic (exact) mass is 287 g/mol. The lowest BCUT2D eigenvalue weighted by atomic mass is 9.90. The molecule has 0 aromatic rings. The van der Waals surface area contributed by atoms with Gasteiger partial charge in [-0.25, -0.2) is 4.39 Å². The quantitative estimate of drug-likeness (QED) is 0.730. The van der Waals surface area contributed by atoms with Crippen molar-refractivity contribution in [2.75, 3.05) is 13.7 Å². The molecule has 116 valence electrons. The Labute approximate surface area is 120 Å². The first-order valence-electron chi connectivity index (χ1n) is 7.29. The summed E-state index contributed by atoms with van der Waals surface area (Å²) in [5.74, 6) is -0.717. The van der Waals surface area contributed by atoms with Crippen LogP contribution >= 0.6 is 0 Å². The van der Waals surface area contributed by atoms with Crippen LogP contribution in [-0.4, -0.2) is 42.6 Å². The van der Waals surface area contributed by atoms with Gasteiger partial charge < -0.3 is 9.64 Å². The fourth-order valence-electron chi connectivity index (χ4n) is 2.78. The van der Waals surface area contributed by atoms with Crippen LogP contribution in [0.4, 0.5) is 4.39 Å². The second kappa shape index (κ2) is 7.04. The largest absolute Gasteiger partial charge is 0.469 e. The first kappa shape index (κ1) is 16.9. The molecular weight excluding hydrogens is 261 g/mol. The number of ether oxygens (including phenoxy) is 1. The number of halogens is 1. The van der Waals surface area contributed by atoms with Crippen molar-refractivity contribution < 1.29 is 18.7 Å². The molecule has 0 radical (unpaired) electrons. The summed E-state index contributed by atoms with van der Waals surface area (Å²) in [7, 11) is 1.31. The average molecular weight is 287 g/mol. The minimum atomic E-state index is -0.961. The van der Waals surface area contributed by atoms with E-state index >= 15 is 0 Å². The molecule has 1 saturated heterocycles. The molecule has 4 nitrogen and oxygen atoms in total. The van der Waals surface area contributed by atoms with Crippen LogP contribution in [0.25, 0.3) is 0 Å². The summed E-state index contributed by atoms with van der Waals surface area (Å²) in [6.45, 7) is 7.94. The minimum Gasteiger partial charge on any atom is -0.469 e. The van der Waals surface area contributed by atoms with Crippen LogP contribution in [0.2, 0.25) is 0 Å². The standard InChI is InChI=1S/C15H26FNO3/c1-9(2)12(7-14(18)20-5)15(19)17-8-11(16)6-13(17)10(3)4/h9-13H,6-8H2,1-5H3/t11-,12-,13-/m0/s1. The van der Waals surface area contributed by atoms with Crippen molar-refractivity contribution in [2.45, 2.75) is 52.8 Å². The Morgan fingerprint density at radius 2 is 1.90 bits per heavy atom. The predicted molar refractivity (Wildman–Crippen MR) is 74.8 cm³/mol. The number of hydrogen-bond donors (Lipinski definition) is 0. The van der Waals surface area contributed by atoms with E-state index in [2.05, 4.69) is 4.74 Å². The zero-order valence-electron chi connectivity index (χ0n) is 13.1. The van der Waals surface area contributed by atoms with Gasteiger partial charge in [-0.1, -0.05) is 27.7 Å². The molecule has 1 fully saturated rings. The van der Waals surface area contributed by atoms with Crippen molar-refractivity contribution >= 4 is 11.9 Å². The Balaban J connectivity index is 2.85. The highest BCUT2D eigenvalue weighted by molar-refractivity contribution is 5.84. The molecule has 0 spiro atoms. The Hall–Kier alpha value is -1.13. The highest BCUT2D eigenvalue weighted by Crippen LogP contribution is 2.30. The van der Waals surface area contributed by atoms with Gasteiger partial charge in [-0.05, 0) is 11.8 Å². The van der Waals surface area contributed by atoms with E-state index < -0.39 is 18.1 Å². The van der Waals surface area contributed by atoms with Crippen LogP contribution in [0.5, 0.6) is 0 Å². The highest BCUT2D eigenvalue weighted by atomic mass is 19.1.